The Bertz CT molecular complexity index is 711. The van der Waals surface area contributed by atoms with E-state index in [0.29, 0.717) is 11.5 Å². The predicted molar refractivity (Wildman–Crippen MR) is 107 cm³/mol. The lowest BCUT2D eigenvalue weighted by molar-refractivity contribution is -0.117. The van der Waals surface area contributed by atoms with Gasteiger partial charge in [-0.3, -0.25) is 14.5 Å². The van der Waals surface area contributed by atoms with Gasteiger partial charge in [-0.2, -0.15) is 0 Å². The van der Waals surface area contributed by atoms with E-state index in [2.05, 4.69) is 24.1 Å². The van der Waals surface area contributed by atoms with Gasteiger partial charge in [0.05, 0.1) is 0 Å². The Balaban J connectivity index is 1.39. The van der Waals surface area contributed by atoms with Crippen molar-refractivity contribution in [2.75, 3.05) is 31.5 Å². The monoisotopic (exact) mass is 369 g/mol. The van der Waals surface area contributed by atoms with Crippen molar-refractivity contribution in [1.29, 1.82) is 0 Å². The van der Waals surface area contributed by atoms with Gasteiger partial charge < -0.3 is 10.2 Å². The molecule has 3 fully saturated rings. The van der Waals surface area contributed by atoms with Crippen LogP contribution in [0.1, 0.15) is 56.3 Å². The van der Waals surface area contributed by atoms with Crippen LogP contribution in [0.3, 0.4) is 0 Å². The molecule has 2 amide bonds. The normalized spacial score (nSPS) is 25.5. The average Bonchev–Trinajstić information content (AvgIpc) is 3.51. The molecule has 0 bridgehead atoms. The van der Waals surface area contributed by atoms with Crippen molar-refractivity contribution < 1.29 is 9.59 Å². The lowest BCUT2D eigenvalue weighted by Gasteiger charge is -2.57. The Hall–Kier alpha value is -1.88. The van der Waals surface area contributed by atoms with E-state index in [0.717, 1.165) is 51.1 Å². The first-order chi connectivity index (χ1) is 13.0. The van der Waals surface area contributed by atoms with Crippen LogP contribution in [0.5, 0.6) is 0 Å². The van der Waals surface area contributed by atoms with E-state index >= 15 is 0 Å². The van der Waals surface area contributed by atoms with E-state index in [-0.39, 0.29) is 23.3 Å². The first-order valence-corrected chi connectivity index (χ1v) is 10.4. The van der Waals surface area contributed by atoms with Crippen LogP contribution in [0, 0.1) is 11.8 Å². The van der Waals surface area contributed by atoms with Crippen molar-refractivity contribution >= 4 is 17.5 Å². The van der Waals surface area contributed by atoms with Crippen molar-refractivity contribution in [1.82, 2.24) is 9.80 Å². The molecule has 1 N–H and O–H groups in total. The number of carbonyl (C=O) groups excluding carboxylic acids is 2. The summed E-state index contributed by atoms with van der Waals surface area (Å²) in [4.78, 5) is 29.5. The zero-order chi connectivity index (χ0) is 19.0. The van der Waals surface area contributed by atoms with Crippen molar-refractivity contribution in [3.05, 3.63) is 29.8 Å². The summed E-state index contributed by atoms with van der Waals surface area (Å²) >= 11 is 0. The molecule has 146 valence electrons. The van der Waals surface area contributed by atoms with Crippen molar-refractivity contribution in [3.8, 4) is 0 Å². The van der Waals surface area contributed by atoms with Gasteiger partial charge in [0.15, 0.2) is 0 Å². The number of likely N-dealkylation sites (tertiary alicyclic amines) is 2. The molecule has 1 aromatic rings. The van der Waals surface area contributed by atoms with Crippen LogP contribution >= 0.6 is 0 Å². The van der Waals surface area contributed by atoms with Crippen molar-refractivity contribution in [2.24, 2.45) is 11.8 Å². The first kappa shape index (κ1) is 18.5. The van der Waals surface area contributed by atoms with Crippen LogP contribution in [-0.4, -0.2) is 53.3 Å². The number of piperidine rings is 1. The number of nitrogens with one attached hydrogen (secondary N) is 1. The average molecular weight is 370 g/mol. The number of amides is 2. The van der Waals surface area contributed by atoms with Crippen LogP contribution in [0.25, 0.3) is 0 Å². The molecule has 3 aliphatic rings. The van der Waals surface area contributed by atoms with Crippen LogP contribution in [-0.2, 0) is 4.79 Å². The summed E-state index contributed by atoms with van der Waals surface area (Å²) < 4.78 is 0. The van der Waals surface area contributed by atoms with E-state index in [1.54, 1.807) is 0 Å². The molecule has 1 spiro atoms. The molecule has 2 saturated heterocycles. The van der Waals surface area contributed by atoms with Crippen LogP contribution < -0.4 is 5.32 Å². The summed E-state index contributed by atoms with van der Waals surface area (Å²) in [7, 11) is 0. The third-order valence-electron chi connectivity index (χ3n) is 6.29. The third-order valence-corrected chi connectivity index (χ3v) is 6.29. The minimum atomic E-state index is 0.0993. The smallest absolute Gasteiger partial charge is 0.253 e. The summed E-state index contributed by atoms with van der Waals surface area (Å²) in [6.45, 7) is 8.50. The lowest BCUT2D eigenvalue weighted by atomic mass is 9.77. The van der Waals surface area contributed by atoms with Crippen LogP contribution in [0.2, 0.25) is 0 Å². The number of carbonyl (C=O) groups is 2. The standard InChI is InChI=1S/C22H31N3O2/c1-16(2)14-25-13-11-22(25)10-3-12-24(15-22)21(27)18-6-8-19(9-7-18)23-20(26)17-4-5-17/h6-9,16-17H,3-5,10-15H2,1-2H3,(H,23,26)/t22-/m0/s1. The number of anilines is 1. The molecule has 0 aromatic heterocycles. The minimum absolute atomic E-state index is 0.0993. The molecule has 1 aliphatic carbocycles. The fourth-order valence-corrected chi connectivity index (χ4v) is 4.53. The van der Waals surface area contributed by atoms with E-state index in [9.17, 15) is 9.59 Å². The Morgan fingerprint density at radius 1 is 1.15 bits per heavy atom. The maximum atomic E-state index is 13.0. The Labute approximate surface area is 162 Å². The topological polar surface area (TPSA) is 52.6 Å². The maximum Gasteiger partial charge on any atom is 0.253 e. The molecular formula is C22H31N3O2. The number of nitrogens with zero attached hydrogens (tertiary/aromatic N) is 2. The molecule has 5 heteroatoms. The highest BCUT2D eigenvalue weighted by Gasteiger charge is 2.47. The Morgan fingerprint density at radius 3 is 2.48 bits per heavy atom. The van der Waals surface area contributed by atoms with Crippen LogP contribution in [0.4, 0.5) is 5.69 Å². The van der Waals surface area contributed by atoms with Gasteiger partial charge in [-0.1, -0.05) is 13.8 Å². The molecule has 1 saturated carbocycles. The van der Waals surface area contributed by atoms with Gasteiger partial charge in [0.2, 0.25) is 5.91 Å². The maximum absolute atomic E-state index is 13.0. The summed E-state index contributed by atoms with van der Waals surface area (Å²) in [5.74, 6) is 1.06. The highest BCUT2D eigenvalue weighted by atomic mass is 16.2. The largest absolute Gasteiger partial charge is 0.337 e. The summed E-state index contributed by atoms with van der Waals surface area (Å²) in [6.07, 6.45) is 5.47. The Morgan fingerprint density at radius 2 is 1.89 bits per heavy atom. The molecule has 2 heterocycles. The zero-order valence-electron chi connectivity index (χ0n) is 16.5. The number of hydrogen-bond acceptors (Lipinski definition) is 3. The molecule has 1 atom stereocenters. The Kier molecular flexibility index (Phi) is 4.97. The van der Waals surface area contributed by atoms with Gasteiger partial charge in [0, 0.05) is 48.9 Å². The lowest BCUT2D eigenvalue weighted by Crippen LogP contribution is -2.67. The molecule has 4 rings (SSSR count). The first-order valence-electron chi connectivity index (χ1n) is 10.4. The zero-order valence-corrected chi connectivity index (χ0v) is 16.5. The minimum Gasteiger partial charge on any atom is -0.337 e. The molecular weight excluding hydrogens is 338 g/mol. The summed E-state index contributed by atoms with van der Waals surface area (Å²) in [6, 6.07) is 7.39. The highest BCUT2D eigenvalue weighted by Crippen LogP contribution is 2.39. The molecule has 0 radical (unpaired) electrons. The van der Waals surface area contributed by atoms with E-state index in [1.807, 2.05) is 29.2 Å². The molecule has 2 aliphatic heterocycles. The third kappa shape index (κ3) is 3.88. The molecule has 1 aromatic carbocycles. The number of rotatable bonds is 5. The van der Waals surface area contributed by atoms with Gasteiger partial charge in [-0.05, 0) is 62.3 Å². The fraction of sp³-hybridized carbons (Fsp3) is 0.636. The van der Waals surface area contributed by atoms with Crippen LogP contribution in [0.15, 0.2) is 24.3 Å². The number of hydrogen-bond donors (Lipinski definition) is 1. The van der Waals surface area contributed by atoms with Gasteiger partial charge in [0.25, 0.3) is 5.91 Å². The second-order valence-electron chi connectivity index (χ2n) is 8.99. The van der Waals surface area contributed by atoms with E-state index in [1.165, 1.54) is 12.8 Å². The summed E-state index contributed by atoms with van der Waals surface area (Å²) in [5.41, 5.74) is 1.70. The molecule has 27 heavy (non-hydrogen) atoms. The molecule has 0 unspecified atom stereocenters. The van der Waals surface area contributed by atoms with Gasteiger partial charge in [-0.15, -0.1) is 0 Å². The van der Waals surface area contributed by atoms with E-state index in [4.69, 9.17) is 0 Å². The SMILES string of the molecule is CC(C)CN1CC[C@]12CCCN(C(=O)c1ccc(NC(=O)C3CC3)cc1)C2. The highest BCUT2D eigenvalue weighted by molar-refractivity contribution is 5.96. The van der Waals surface area contributed by atoms with Crippen molar-refractivity contribution in [3.63, 3.8) is 0 Å². The van der Waals surface area contributed by atoms with Gasteiger partial charge in [-0.25, -0.2) is 0 Å². The van der Waals surface area contributed by atoms with Gasteiger partial charge >= 0.3 is 0 Å². The second-order valence-corrected chi connectivity index (χ2v) is 8.99. The fourth-order valence-electron chi connectivity index (χ4n) is 4.53. The van der Waals surface area contributed by atoms with E-state index < -0.39 is 0 Å². The number of benzene rings is 1. The summed E-state index contributed by atoms with van der Waals surface area (Å²) in [5, 5.41) is 2.93. The predicted octanol–water partition coefficient (Wildman–Crippen LogP) is 3.37. The van der Waals surface area contributed by atoms with Gasteiger partial charge in [0.1, 0.15) is 0 Å². The second kappa shape index (κ2) is 7.27. The quantitative estimate of drug-likeness (QED) is 0.866. The van der Waals surface area contributed by atoms with Crippen molar-refractivity contribution in [2.45, 2.75) is 51.5 Å². The molecule has 5 nitrogen and oxygen atoms in total.